The van der Waals surface area contributed by atoms with Crippen LogP contribution in [0.15, 0.2) is 24.3 Å². The van der Waals surface area contributed by atoms with E-state index in [9.17, 15) is 0 Å². The highest BCUT2D eigenvalue weighted by molar-refractivity contribution is 7.12. The first-order valence-corrected chi connectivity index (χ1v) is 7.63. The van der Waals surface area contributed by atoms with Crippen molar-refractivity contribution in [1.29, 1.82) is 0 Å². The minimum Gasteiger partial charge on any atom is -0.313 e. The van der Waals surface area contributed by atoms with E-state index in [0.717, 1.165) is 6.42 Å². The monoisotopic (exact) mass is 273 g/mol. The smallest absolute Gasteiger partial charge is 0.0369 e. The standard InChI is InChI=1S/C17H23NS/c1-11-6-7-15(8-12(11)2)10-17(18-5)16-9-13(3)19-14(16)4/h6-9,17-18H,10H2,1-5H3. The first kappa shape index (κ1) is 14.3. The molecule has 0 aliphatic heterocycles. The molecule has 0 saturated heterocycles. The van der Waals surface area contributed by atoms with Crippen molar-refractivity contribution < 1.29 is 0 Å². The van der Waals surface area contributed by atoms with Crippen LogP contribution in [0.1, 0.15) is 38.0 Å². The summed E-state index contributed by atoms with van der Waals surface area (Å²) >= 11 is 1.89. The van der Waals surface area contributed by atoms with Crippen molar-refractivity contribution in [2.24, 2.45) is 0 Å². The fourth-order valence-corrected chi connectivity index (χ4v) is 3.52. The topological polar surface area (TPSA) is 12.0 Å². The van der Waals surface area contributed by atoms with Crippen LogP contribution < -0.4 is 5.32 Å². The highest BCUT2D eigenvalue weighted by Crippen LogP contribution is 2.28. The summed E-state index contributed by atoms with van der Waals surface area (Å²) in [4.78, 5) is 2.83. The Kier molecular flexibility index (Phi) is 4.43. The second-order valence-corrected chi connectivity index (χ2v) is 6.79. The van der Waals surface area contributed by atoms with Crippen molar-refractivity contribution in [3.05, 3.63) is 56.3 Å². The van der Waals surface area contributed by atoms with Gasteiger partial charge in [-0.25, -0.2) is 0 Å². The molecule has 0 amide bonds. The van der Waals surface area contributed by atoms with E-state index in [-0.39, 0.29) is 0 Å². The highest BCUT2D eigenvalue weighted by atomic mass is 32.1. The molecule has 0 aliphatic rings. The van der Waals surface area contributed by atoms with Crippen molar-refractivity contribution in [3.63, 3.8) is 0 Å². The van der Waals surface area contributed by atoms with Crippen LogP contribution in [0.25, 0.3) is 0 Å². The molecule has 1 unspecified atom stereocenters. The van der Waals surface area contributed by atoms with Gasteiger partial charge in [0.05, 0.1) is 0 Å². The van der Waals surface area contributed by atoms with Crippen molar-refractivity contribution in [1.82, 2.24) is 5.32 Å². The summed E-state index contributed by atoms with van der Waals surface area (Å²) in [5.41, 5.74) is 5.60. The number of hydrogen-bond donors (Lipinski definition) is 1. The number of rotatable bonds is 4. The zero-order valence-electron chi connectivity index (χ0n) is 12.5. The number of thiophene rings is 1. The van der Waals surface area contributed by atoms with Gasteiger partial charge in [-0.05, 0) is 69.5 Å². The molecule has 1 aromatic carbocycles. The minimum absolute atomic E-state index is 0.409. The van der Waals surface area contributed by atoms with E-state index in [0.29, 0.717) is 6.04 Å². The maximum Gasteiger partial charge on any atom is 0.0369 e. The van der Waals surface area contributed by atoms with Gasteiger partial charge in [0.15, 0.2) is 0 Å². The van der Waals surface area contributed by atoms with E-state index in [1.807, 2.05) is 11.3 Å². The van der Waals surface area contributed by atoms with Crippen LogP contribution in [0, 0.1) is 27.7 Å². The first-order valence-electron chi connectivity index (χ1n) is 6.81. The summed E-state index contributed by atoms with van der Waals surface area (Å²) in [6.45, 7) is 8.76. The molecule has 2 heteroatoms. The van der Waals surface area contributed by atoms with Crippen LogP contribution >= 0.6 is 11.3 Å². The Morgan fingerprint density at radius 1 is 1.05 bits per heavy atom. The molecule has 0 aliphatic carbocycles. The summed E-state index contributed by atoms with van der Waals surface area (Å²) < 4.78 is 0. The Morgan fingerprint density at radius 3 is 2.32 bits per heavy atom. The number of hydrogen-bond acceptors (Lipinski definition) is 2. The average Bonchev–Trinajstić information content (AvgIpc) is 2.70. The van der Waals surface area contributed by atoms with Gasteiger partial charge in [0, 0.05) is 15.8 Å². The molecule has 0 saturated carbocycles. The van der Waals surface area contributed by atoms with Crippen molar-refractivity contribution in [2.75, 3.05) is 7.05 Å². The zero-order chi connectivity index (χ0) is 14.0. The predicted octanol–water partition coefficient (Wildman–Crippen LogP) is 4.48. The molecule has 2 aromatic rings. The number of aryl methyl sites for hydroxylation is 4. The summed E-state index contributed by atoms with van der Waals surface area (Å²) in [6, 6.07) is 9.52. The quantitative estimate of drug-likeness (QED) is 0.865. The molecular formula is C17H23NS. The third kappa shape index (κ3) is 3.26. The van der Waals surface area contributed by atoms with Crippen LogP contribution in [-0.4, -0.2) is 7.05 Å². The SMILES string of the molecule is CNC(Cc1ccc(C)c(C)c1)c1cc(C)sc1C. The molecule has 0 fully saturated rings. The van der Waals surface area contributed by atoms with Crippen LogP contribution in [0.3, 0.4) is 0 Å². The predicted molar refractivity (Wildman–Crippen MR) is 85.2 cm³/mol. The largest absolute Gasteiger partial charge is 0.313 e. The van der Waals surface area contributed by atoms with Gasteiger partial charge in [0.25, 0.3) is 0 Å². The molecule has 1 atom stereocenters. The lowest BCUT2D eigenvalue weighted by Crippen LogP contribution is -2.19. The normalized spacial score (nSPS) is 12.7. The Morgan fingerprint density at radius 2 is 1.79 bits per heavy atom. The van der Waals surface area contributed by atoms with Crippen LogP contribution in [-0.2, 0) is 6.42 Å². The lowest BCUT2D eigenvalue weighted by molar-refractivity contribution is 0.591. The number of benzene rings is 1. The fourth-order valence-electron chi connectivity index (χ4n) is 2.53. The second kappa shape index (κ2) is 5.89. The molecule has 1 N–H and O–H groups in total. The van der Waals surface area contributed by atoms with Crippen molar-refractivity contribution in [2.45, 2.75) is 40.2 Å². The van der Waals surface area contributed by atoms with Gasteiger partial charge >= 0.3 is 0 Å². The summed E-state index contributed by atoms with van der Waals surface area (Å²) in [5.74, 6) is 0. The average molecular weight is 273 g/mol. The Balaban J connectivity index is 2.23. The van der Waals surface area contributed by atoms with Crippen LogP contribution in [0.5, 0.6) is 0 Å². The molecule has 1 nitrogen and oxygen atoms in total. The molecule has 1 aromatic heterocycles. The summed E-state index contributed by atoms with van der Waals surface area (Å²) in [7, 11) is 2.05. The molecule has 0 spiro atoms. The van der Waals surface area contributed by atoms with Gasteiger partial charge in [0.2, 0.25) is 0 Å². The van der Waals surface area contributed by atoms with Gasteiger partial charge in [-0.1, -0.05) is 18.2 Å². The molecule has 0 radical (unpaired) electrons. The molecular weight excluding hydrogens is 250 g/mol. The molecule has 2 rings (SSSR count). The summed E-state index contributed by atoms with van der Waals surface area (Å²) in [5, 5.41) is 3.46. The minimum atomic E-state index is 0.409. The van der Waals surface area contributed by atoms with Crippen LogP contribution in [0.4, 0.5) is 0 Å². The number of nitrogens with one attached hydrogen (secondary N) is 1. The summed E-state index contributed by atoms with van der Waals surface area (Å²) in [6.07, 6.45) is 1.05. The van der Waals surface area contributed by atoms with Gasteiger partial charge in [-0.3, -0.25) is 0 Å². The first-order chi connectivity index (χ1) is 9.01. The maximum atomic E-state index is 3.46. The molecule has 19 heavy (non-hydrogen) atoms. The Bertz CT molecular complexity index is 569. The van der Waals surface area contributed by atoms with Gasteiger partial charge < -0.3 is 5.32 Å². The van der Waals surface area contributed by atoms with E-state index in [2.05, 4.69) is 64.3 Å². The van der Waals surface area contributed by atoms with E-state index >= 15 is 0 Å². The van der Waals surface area contributed by atoms with E-state index in [1.165, 1.54) is 32.0 Å². The van der Waals surface area contributed by atoms with E-state index in [4.69, 9.17) is 0 Å². The third-order valence-electron chi connectivity index (χ3n) is 3.81. The molecule has 102 valence electrons. The Hall–Kier alpha value is -1.12. The van der Waals surface area contributed by atoms with Gasteiger partial charge in [0.1, 0.15) is 0 Å². The van der Waals surface area contributed by atoms with Gasteiger partial charge in [-0.2, -0.15) is 0 Å². The maximum absolute atomic E-state index is 3.46. The molecule has 1 heterocycles. The zero-order valence-corrected chi connectivity index (χ0v) is 13.3. The lowest BCUT2D eigenvalue weighted by Gasteiger charge is -2.17. The number of likely N-dealkylation sites (N-methyl/N-ethyl adjacent to an activating group) is 1. The van der Waals surface area contributed by atoms with E-state index in [1.54, 1.807) is 0 Å². The van der Waals surface area contributed by atoms with Crippen LogP contribution in [0.2, 0.25) is 0 Å². The van der Waals surface area contributed by atoms with Crippen molar-refractivity contribution >= 4 is 11.3 Å². The molecule has 0 bridgehead atoms. The third-order valence-corrected chi connectivity index (χ3v) is 4.80. The lowest BCUT2D eigenvalue weighted by atomic mass is 9.97. The second-order valence-electron chi connectivity index (χ2n) is 5.33. The van der Waals surface area contributed by atoms with Gasteiger partial charge in [-0.15, -0.1) is 11.3 Å². The van der Waals surface area contributed by atoms with E-state index < -0.39 is 0 Å². The Labute approximate surface area is 120 Å². The fraction of sp³-hybridized carbons (Fsp3) is 0.412. The van der Waals surface area contributed by atoms with Crippen molar-refractivity contribution in [3.8, 4) is 0 Å². The highest BCUT2D eigenvalue weighted by Gasteiger charge is 2.15.